The number of benzene rings is 1. The molecule has 0 radical (unpaired) electrons. The van der Waals surface area contributed by atoms with Crippen molar-refractivity contribution < 1.29 is 13.2 Å². The van der Waals surface area contributed by atoms with Gasteiger partial charge in [0, 0.05) is 56.2 Å². The van der Waals surface area contributed by atoms with Crippen LogP contribution in [-0.2, 0) is 21.4 Å². The first kappa shape index (κ1) is 22.1. The lowest BCUT2D eigenvalue weighted by Gasteiger charge is -2.37. The van der Waals surface area contributed by atoms with Gasteiger partial charge in [0.25, 0.3) is 10.0 Å². The number of nitrogens with zero attached hydrogens (tertiary/aromatic N) is 5. The SMILES string of the molecule is Cc1ccc(Cl)cc1N1CCN(C(=O)Cn2cnc(S(=O)(=O)N3CCCCC3)c2)CC1. The van der Waals surface area contributed by atoms with E-state index in [0.29, 0.717) is 31.2 Å². The summed E-state index contributed by atoms with van der Waals surface area (Å²) in [5, 5.41) is 0.720. The number of carbonyl (C=O) groups is 1. The second-order valence-electron chi connectivity index (χ2n) is 8.15. The van der Waals surface area contributed by atoms with Crippen LogP contribution >= 0.6 is 11.6 Å². The number of amides is 1. The standard InChI is InChI=1S/C21H28ClN5O3S/c1-17-5-6-18(22)13-19(17)25-9-11-26(12-10-25)21(28)15-24-14-20(23-16-24)31(29,30)27-7-3-2-4-8-27/h5-6,13-14,16H,2-4,7-12,15H2,1H3. The summed E-state index contributed by atoms with van der Waals surface area (Å²) in [7, 11) is -3.59. The Balaban J connectivity index is 1.35. The van der Waals surface area contributed by atoms with Crippen molar-refractivity contribution in [2.75, 3.05) is 44.2 Å². The Bertz CT molecular complexity index is 1040. The van der Waals surface area contributed by atoms with Crippen LogP contribution in [0.3, 0.4) is 0 Å². The van der Waals surface area contributed by atoms with Crippen molar-refractivity contribution in [3.63, 3.8) is 0 Å². The number of piperidine rings is 1. The molecule has 4 rings (SSSR count). The summed E-state index contributed by atoms with van der Waals surface area (Å²) in [6, 6.07) is 5.85. The Kier molecular flexibility index (Phi) is 6.55. The number of sulfonamides is 1. The van der Waals surface area contributed by atoms with Crippen molar-refractivity contribution in [3.8, 4) is 0 Å². The second kappa shape index (κ2) is 9.18. The number of anilines is 1. The van der Waals surface area contributed by atoms with Crippen LogP contribution in [0.15, 0.2) is 35.7 Å². The predicted molar refractivity (Wildman–Crippen MR) is 120 cm³/mol. The number of aromatic nitrogens is 2. The fourth-order valence-corrected chi connectivity index (χ4v) is 5.79. The Labute approximate surface area is 188 Å². The Morgan fingerprint density at radius 1 is 1.06 bits per heavy atom. The molecular formula is C21H28ClN5O3S. The molecule has 2 aliphatic rings. The minimum atomic E-state index is -3.59. The van der Waals surface area contributed by atoms with E-state index in [9.17, 15) is 13.2 Å². The van der Waals surface area contributed by atoms with Gasteiger partial charge < -0.3 is 14.4 Å². The molecule has 2 aliphatic heterocycles. The Morgan fingerprint density at radius 3 is 2.48 bits per heavy atom. The lowest BCUT2D eigenvalue weighted by Crippen LogP contribution is -2.49. The van der Waals surface area contributed by atoms with Gasteiger partial charge in [-0.15, -0.1) is 0 Å². The third kappa shape index (κ3) is 4.88. The number of carbonyl (C=O) groups excluding carboxylic acids is 1. The van der Waals surface area contributed by atoms with E-state index in [-0.39, 0.29) is 17.5 Å². The van der Waals surface area contributed by atoms with Crippen LogP contribution < -0.4 is 4.90 Å². The van der Waals surface area contributed by atoms with E-state index in [1.807, 2.05) is 23.1 Å². The third-order valence-corrected chi connectivity index (χ3v) is 8.01. The van der Waals surface area contributed by atoms with Crippen LogP contribution in [0.4, 0.5) is 5.69 Å². The van der Waals surface area contributed by atoms with E-state index in [2.05, 4.69) is 16.8 Å². The van der Waals surface area contributed by atoms with Crippen molar-refractivity contribution in [2.24, 2.45) is 0 Å². The highest BCUT2D eigenvalue weighted by atomic mass is 35.5. The maximum atomic E-state index is 12.8. The number of hydrogen-bond acceptors (Lipinski definition) is 5. The quantitative estimate of drug-likeness (QED) is 0.677. The largest absolute Gasteiger partial charge is 0.368 e. The third-order valence-electron chi connectivity index (χ3n) is 5.99. The fraction of sp³-hybridized carbons (Fsp3) is 0.524. The molecule has 3 heterocycles. The molecule has 168 valence electrons. The molecule has 0 saturated carbocycles. The summed E-state index contributed by atoms with van der Waals surface area (Å²) >= 11 is 6.14. The lowest BCUT2D eigenvalue weighted by molar-refractivity contribution is -0.132. The van der Waals surface area contributed by atoms with E-state index >= 15 is 0 Å². The number of imidazole rings is 1. The molecule has 0 spiro atoms. The van der Waals surface area contributed by atoms with Gasteiger partial charge in [-0.25, -0.2) is 13.4 Å². The summed E-state index contributed by atoms with van der Waals surface area (Å²) < 4.78 is 28.6. The van der Waals surface area contributed by atoms with Gasteiger partial charge in [-0.2, -0.15) is 4.31 Å². The lowest BCUT2D eigenvalue weighted by atomic mass is 10.1. The van der Waals surface area contributed by atoms with Gasteiger partial charge in [-0.05, 0) is 37.5 Å². The first-order valence-electron chi connectivity index (χ1n) is 10.7. The molecule has 1 aromatic heterocycles. The average Bonchev–Trinajstić information content (AvgIpc) is 3.25. The van der Waals surface area contributed by atoms with Gasteiger partial charge in [-0.3, -0.25) is 4.79 Å². The molecule has 8 nitrogen and oxygen atoms in total. The summed E-state index contributed by atoms with van der Waals surface area (Å²) in [5.74, 6) is -0.0400. The Morgan fingerprint density at radius 2 is 1.77 bits per heavy atom. The van der Waals surface area contributed by atoms with Crippen LogP contribution in [0.5, 0.6) is 0 Å². The maximum absolute atomic E-state index is 12.8. The van der Waals surface area contributed by atoms with Crippen LogP contribution in [-0.4, -0.2) is 72.3 Å². The van der Waals surface area contributed by atoms with Crippen molar-refractivity contribution in [1.29, 1.82) is 0 Å². The van der Waals surface area contributed by atoms with Crippen molar-refractivity contribution >= 4 is 33.2 Å². The molecule has 0 unspecified atom stereocenters. The van der Waals surface area contributed by atoms with Crippen LogP contribution in [0.1, 0.15) is 24.8 Å². The molecule has 2 saturated heterocycles. The van der Waals surface area contributed by atoms with Crippen molar-refractivity contribution in [1.82, 2.24) is 18.8 Å². The molecule has 0 atom stereocenters. The highest BCUT2D eigenvalue weighted by Crippen LogP contribution is 2.25. The van der Waals surface area contributed by atoms with Crippen LogP contribution in [0, 0.1) is 6.92 Å². The topological polar surface area (TPSA) is 78.8 Å². The van der Waals surface area contributed by atoms with E-state index in [1.54, 1.807) is 4.57 Å². The molecule has 0 aliphatic carbocycles. The smallest absolute Gasteiger partial charge is 0.262 e. The van der Waals surface area contributed by atoms with Gasteiger partial charge >= 0.3 is 0 Å². The molecule has 2 aromatic rings. The zero-order valence-electron chi connectivity index (χ0n) is 17.7. The summed E-state index contributed by atoms with van der Waals surface area (Å²) in [6.07, 6.45) is 5.70. The predicted octanol–water partition coefficient (Wildman–Crippen LogP) is 2.37. The number of piperazine rings is 1. The zero-order valence-corrected chi connectivity index (χ0v) is 19.3. The summed E-state index contributed by atoms with van der Waals surface area (Å²) in [4.78, 5) is 20.9. The molecule has 1 aromatic carbocycles. The first-order chi connectivity index (χ1) is 14.8. The van der Waals surface area contributed by atoms with Crippen LogP contribution in [0.25, 0.3) is 0 Å². The van der Waals surface area contributed by atoms with E-state index in [4.69, 9.17) is 11.6 Å². The maximum Gasteiger partial charge on any atom is 0.262 e. The van der Waals surface area contributed by atoms with E-state index in [0.717, 1.165) is 43.6 Å². The fourth-order valence-electron chi connectivity index (χ4n) is 4.17. The van der Waals surface area contributed by atoms with E-state index in [1.165, 1.54) is 16.8 Å². The first-order valence-corrected chi connectivity index (χ1v) is 12.5. The number of aryl methyl sites for hydroxylation is 1. The molecule has 0 N–H and O–H groups in total. The number of halogens is 1. The molecule has 2 fully saturated rings. The van der Waals surface area contributed by atoms with Crippen LogP contribution in [0.2, 0.25) is 5.02 Å². The normalized spacial score (nSPS) is 18.4. The minimum absolute atomic E-state index is 0.0171. The zero-order chi connectivity index (χ0) is 22.0. The summed E-state index contributed by atoms with van der Waals surface area (Å²) in [5.41, 5.74) is 2.26. The van der Waals surface area contributed by atoms with Crippen molar-refractivity contribution in [2.45, 2.75) is 37.8 Å². The van der Waals surface area contributed by atoms with E-state index < -0.39 is 10.0 Å². The summed E-state index contributed by atoms with van der Waals surface area (Å²) in [6.45, 7) is 5.87. The highest BCUT2D eigenvalue weighted by molar-refractivity contribution is 7.89. The highest BCUT2D eigenvalue weighted by Gasteiger charge is 2.28. The van der Waals surface area contributed by atoms with Gasteiger partial charge in [0.05, 0.1) is 6.33 Å². The molecule has 1 amide bonds. The average molecular weight is 466 g/mol. The Hall–Kier alpha value is -2.10. The second-order valence-corrected chi connectivity index (χ2v) is 10.5. The minimum Gasteiger partial charge on any atom is -0.368 e. The van der Waals surface area contributed by atoms with Crippen molar-refractivity contribution in [3.05, 3.63) is 41.3 Å². The van der Waals surface area contributed by atoms with Gasteiger partial charge in [0.2, 0.25) is 5.91 Å². The number of hydrogen-bond donors (Lipinski definition) is 0. The van der Waals surface area contributed by atoms with Gasteiger partial charge in [0.1, 0.15) is 6.54 Å². The van der Waals surface area contributed by atoms with Gasteiger partial charge in [0.15, 0.2) is 5.03 Å². The molecule has 31 heavy (non-hydrogen) atoms. The molecular weight excluding hydrogens is 438 g/mol. The number of rotatable bonds is 5. The molecule has 10 heteroatoms. The monoisotopic (exact) mass is 465 g/mol. The molecule has 0 bridgehead atoms. The van der Waals surface area contributed by atoms with Gasteiger partial charge in [-0.1, -0.05) is 24.1 Å².